The van der Waals surface area contributed by atoms with Crippen LogP contribution in [0, 0.1) is 0 Å². The highest BCUT2D eigenvalue weighted by Gasteiger charge is 2.44. The third-order valence-electron chi connectivity index (χ3n) is 12.0. The number of carbonyl (C=O) groups is 1. The Labute approximate surface area is 391 Å². The molecular formula is C55H97NO8. The first-order chi connectivity index (χ1) is 31.3. The minimum atomic E-state index is -1.58. The maximum absolute atomic E-state index is 13.0. The van der Waals surface area contributed by atoms with Crippen molar-refractivity contribution in [3.05, 3.63) is 72.9 Å². The number of carbonyl (C=O) groups excluding carboxylic acids is 1. The molecule has 1 saturated heterocycles. The van der Waals surface area contributed by atoms with Crippen LogP contribution in [0.15, 0.2) is 72.9 Å². The zero-order valence-corrected chi connectivity index (χ0v) is 40.8. The lowest BCUT2D eigenvalue weighted by atomic mass is 9.99. The number of allylic oxidation sites excluding steroid dienone is 11. The Bertz CT molecular complexity index is 1230. The predicted molar refractivity (Wildman–Crippen MR) is 267 cm³/mol. The zero-order valence-electron chi connectivity index (χ0n) is 40.8. The number of nitrogens with one attached hydrogen (secondary N) is 1. The van der Waals surface area contributed by atoms with E-state index in [-0.39, 0.29) is 12.5 Å². The average Bonchev–Trinajstić information content (AvgIpc) is 3.29. The molecule has 6 N–H and O–H groups in total. The number of aliphatic hydroxyl groups excluding tert-OH is 5. The van der Waals surface area contributed by atoms with Gasteiger partial charge >= 0.3 is 0 Å². The Hall–Kier alpha value is -2.37. The van der Waals surface area contributed by atoms with Crippen LogP contribution in [-0.2, 0) is 14.3 Å². The largest absolute Gasteiger partial charge is 0.394 e. The second kappa shape index (κ2) is 44.5. The van der Waals surface area contributed by atoms with Gasteiger partial charge in [0, 0.05) is 6.42 Å². The van der Waals surface area contributed by atoms with Gasteiger partial charge in [-0.05, 0) is 83.5 Å². The summed E-state index contributed by atoms with van der Waals surface area (Å²) in [5, 5.41) is 54.3. The maximum Gasteiger partial charge on any atom is 0.220 e. The molecule has 1 aliphatic rings. The maximum atomic E-state index is 13.0. The molecule has 9 heteroatoms. The Kier molecular flexibility index (Phi) is 41.4. The van der Waals surface area contributed by atoms with E-state index < -0.39 is 49.5 Å². The second-order valence-electron chi connectivity index (χ2n) is 17.9. The van der Waals surface area contributed by atoms with Crippen LogP contribution in [0.1, 0.15) is 213 Å². The van der Waals surface area contributed by atoms with Crippen molar-refractivity contribution in [3.63, 3.8) is 0 Å². The van der Waals surface area contributed by atoms with E-state index in [1.165, 1.54) is 103 Å². The van der Waals surface area contributed by atoms with Crippen LogP contribution in [0.4, 0.5) is 0 Å². The van der Waals surface area contributed by atoms with Crippen molar-refractivity contribution < 1.29 is 39.8 Å². The van der Waals surface area contributed by atoms with Crippen molar-refractivity contribution in [1.29, 1.82) is 0 Å². The standard InChI is InChI=1S/C55H97NO8/c1-3-5-7-9-11-13-15-17-19-21-23-25-27-29-31-33-35-37-39-41-43-45-51(59)56-48(47-63-55-54(62)53(61)52(60)50(46-57)64-55)49(58)44-42-40-38-36-34-32-30-28-26-24-22-20-18-16-14-12-10-8-6-4-2/h15,17,21,23,26-29,34,36,42,44,48-50,52-55,57-58,60-62H,3-14,16,18-20,22,24-25,30-33,35,37-41,43,45-47H2,1-2H3,(H,56,59)/b17-15-,23-21-,28-26+,29-27-,36-34+,44-42+. The Morgan fingerprint density at radius 2 is 0.938 bits per heavy atom. The molecule has 9 nitrogen and oxygen atoms in total. The summed E-state index contributed by atoms with van der Waals surface area (Å²) < 4.78 is 11.2. The van der Waals surface area contributed by atoms with Crippen molar-refractivity contribution in [2.24, 2.45) is 0 Å². The molecule has 1 amide bonds. The predicted octanol–water partition coefficient (Wildman–Crippen LogP) is 12.1. The zero-order chi connectivity index (χ0) is 46.6. The molecule has 0 aromatic carbocycles. The molecule has 1 aliphatic heterocycles. The number of ether oxygens (including phenoxy) is 2. The quantitative estimate of drug-likeness (QED) is 0.0262. The number of hydrogen-bond donors (Lipinski definition) is 6. The van der Waals surface area contributed by atoms with Crippen molar-refractivity contribution in [1.82, 2.24) is 5.32 Å². The van der Waals surface area contributed by atoms with Crippen LogP contribution in [0.25, 0.3) is 0 Å². The molecule has 0 aliphatic carbocycles. The number of unbranched alkanes of at least 4 members (excludes halogenated alkanes) is 23. The fourth-order valence-electron chi connectivity index (χ4n) is 7.78. The van der Waals surface area contributed by atoms with Crippen molar-refractivity contribution in [2.45, 2.75) is 256 Å². The molecule has 0 saturated carbocycles. The molecule has 7 atom stereocenters. The van der Waals surface area contributed by atoms with Crippen LogP contribution in [-0.4, -0.2) is 87.5 Å². The third-order valence-corrected chi connectivity index (χ3v) is 12.0. The van der Waals surface area contributed by atoms with Gasteiger partial charge in [-0.25, -0.2) is 0 Å². The molecule has 1 fully saturated rings. The lowest BCUT2D eigenvalue weighted by molar-refractivity contribution is -0.302. The van der Waals surface area contributed by atoms with Crippen molar-refractivity contribution in [2.75, 3.05) is 13.2 Å². The highest BCUT2D eigenvalue weighted by atomic mass is 16.7. The molecule has 370 valence electrons. The van der Waals surface area contributed by atoms with Crippen molar-refractivity contribution in [3.8, 4) is 0 Å². The highest BCUT2D eigenvalue weighted by Crippen LogP contribution is 2.22. The molecule has 7 unspecified atom stereocenters. The average molecular weight is 900 g/mol. The molecule has 64 heavy (non-hydrogen) atoms. The molecule has 0 aromatic rings. The van der Waals surface area contributed by atoms with Crippen LogP contribution in [0.3, 0.4) is 0 Å². The van der Waals surface area contributed by atoms with Gasteiger partial charge in [0.25, 0.3) is 0 Å². The van der Waals surface area contributed by atoms with E-state index in [2.05, 4.69) is 79.9 Å². The fraction of sp³-hybridized carbons (Fsp3) is 0.764. The van der Waals surface area contributed by atoms with Gasteiger partial charge in [0.05, 0.1) is 25.4 Å². The van der Waals surface area contributed by atoms with E-state index in [0.29, 0.717) is 6.42 Å². The topological polar surface area (TPSA) is 149 Å². The molecule has 0 bridgehead atoms. The van der Waals surface area contributed by atoms with E-state index in [1.807, 2.05) is 6.08 Å². The molecule has 0 aromatic heterocycles. The van der Waals surface area contributed by atoms with E-state index in [4.69, 9.17) is 9.47 Å². The van der Waals surface area contributed by atoms with Crippen LogP contribution < -0.4 is 5.32 Å². The van der Waals surface area contributed by atoms with Crippen LogP contribution in [0.2, 0.25) is 0 Å². The summed E-state index contributed by atoms with van der Waals surface area (Å²) in [4.78, 5) is 13.0. The van der Waals surface area contributed by atoms with Gasteiger partial charge < -0.3 is 40.3 Å². The van der Waals surface area contributed by atoms with E-state index in [9.17, 15) is 30.3 Å². The Morgan fingerprint density at radius 1 is 0.531 bits per heavy atom. The fourth-order valence-corrected chi connectivity index (χ4v) is 7.78. The summed E-state index contributed by atoms with van der Waals surface area (Å²) in [7, 11) is 0. The highest BCUT2D eigenvalue weighted by molar-refractivity contribution is 5.76. The summed E-state index contributed by atoms with van der Waals surface area (Å²) in [5.41, 5.74) is 0. The number of rotatable bonds is 43. The minimum Gasteiger partial charge on any atom is -0.394 e. The lowest BCUT2D eigenvalue weighted by Crippen LogP contribution is -2.60. The molecule has 1 rings (SSSR count). The lowest BCUT2D eigenvalue weighted by Gasteiger charge is -2.40. The van der Waals surface area contributed by atoms with E-state index >= 15 is 0 Å². The first kappa shape index (κ1) is 59.6. The summed E-state index contributed by atoms with van der Waals surface area (Å²) in [6, 6.07) is -0.839. The van der Waals surface area contributed by atoms with E-state index in [0.717, 1.165) is 89.9 Å². The minimum absolute atomic E-state index is 0.205. The number of amides is 1. The third kappa shape index (κ3) is 34.0. The Balaban J connectivity index is 2.35. The molecular weight excluding hydrogens is 803 g/mol. The van der Waals surface area contributed by atoms with Gasteiger partial charge in [-0.15, -0.1) is 0 Å². The monoisotopic (exact) mass is 900 g/mol. The first-order valence-electron chi connectivity index (χ1n) is 26.2. The molecule has 0 radical (unpaired) electrons. The second-order valence-corrected chi connectivity index (χ2v) is 17.9. The van der Waals surface area contributed by atoms with Gasteiger partial charge in [0.2, 0.25) is 5.91 Å². The van der Waals surface area contributed by atoms with E-state index in [1.54, 1.807) is 6.08 Å². The van der Waals surface area contributed by atoms with Gasteiger partial charge in [0.1, 0.15) is 24.4 Å². The van der Waals surface area contributed by atoms with Gasteiger partial charge in [0.15, 0.2) is 6.29 Å². The van der Waals surface area contributed by atoms with Crippen LogP contribution >= 0.6 is 0 Å². The summed E-state index contributed by atoms with van der Waals surface area (Å²) >= 11 is 0. The van der Waals surface area contributed by atoms with Gasteiger partial charge in [-0.2, -0.15) is 0 Å². The van der Waals surface area contributed by atoms with Gasteiger partial charge in [-0.3, -0.25) is 4.79 Å². The molecule has 0 spiro atoms. The number of hydrogen-bond acceptors (Lipinski definition) is 8. The normalized spacial score (nSPS) is 20.6. The SMILES string of the molecule is CCCCCCC/C=C\C/C=C\C/C=C\CCCCCCCCC(=O)NC(COC1OC(CO)C(O)C(O)C1O)C(O)/C=C/CC/C=C/CC/C=C/CCCCCCCCCCCC. The molecule has 1 heterocycles. The summed E-state index contributed by atoms with van der Waals surface area (Å²) in [6.07, 6.45) is 53.7. The van der Waals surface area contributed by atoms with Crippen LogP contribution in [0.5, 0.6) is 0 Å². The first-order valence-corrected chi connectivity index (χ1v) is 26.2. The smallest absolute Gasteiger partial charge is 0.220 e. The summed E-state index contributed by atoms with van der Waals surface area (Å²) in [5.74, 6) is -0.205. The Morgan fingerprint density at radius 3 is 1.42 bits per heavy atom. The number of aliphatic hydroxyl groups is 5. The summed E-state index contributed by atoms with van der Waals surface area (Å²) in [6.45, 7) is 3.73. The van der Waals surface area contributed by atoms with Crippen molar-refractivity contribution >= 4 is 5.91 Å². The van der Waals surface area contributed by atoms with Gasteiger partial charge in [-0.1, -0.05) is 196 Å².